The van der Waals surface area contributed by atoms with E-state index in [2.05, 4.69) is 24.1 Å². The molecule has 4 heteroatoms. The Morgan fingerprint density at radius 1 is 1.62 bits per heavy atom. The molecule has 0 bridgehead atoms. The monoisotopic (exact) mass is 199 g/mol. The van der Waals surface area contributed by atoms with Crippen molar-refractivity contribution in [3.8, 4) is 0 Å². The lowest BCUT2D eigenvalue weighted by atomic mass is 10.2. The summed E-state index contributed by atoms with van der Waals surface area (Å²) in [6.45, 7) is 4.86. The second kappa shape index (κ2) is 4.44. The number of rotatable bonds is 3. The van der Waals surface area contributed by atoms with E-state index in [0.717, 1.165) is 5.56 Å². The minimum absolute atomic E-state index is 0.429. The van der Waals surface area contributed by atoms with Gasteiger partial charge in [0, 0.05) is 24.3 Å². The molecule has 1 heterocycles. The van der Waals surface area contributed by atoms with E-state index in [0.29, 0.717) is 23.4 Å². The van der Waals surface area contributed by atoms with Crippen molar-refractivity contribution in [2.45, 2.75) is 26.4 Å². The van der Waals surface area contributed by atoms with Crippen LogP contribution in [-0.2, 0) is 6.54 Å². The van der Waals surface area contributed by atoms with E-state index in [1.165, 1.54) is 0 Å². The second-order valence-electron chi connectivity index (χ2n) is 3.23. The Morgan fingerprint density at radius 3 is 2.92 bits per heavy atom. The summed E-state index contributed by atoms with van der Waals surface area (Å²) in [5.41, 5.74) is 6.61. The minimum atomic E-state index is 0.429. The van der Waals surface area contributed by atoms with Crippen molar-refractivity contribution in [2.75, 3.05) is 5.73 Å². The molecule has 0 fully saturated rings. The molecule has 3 nitrogen and oxygen atoms in total. The van der Waals surface area contributed by atoms with Gasteiger partial charge in [-0.25, -0.2) is 4.98 Å². The number of anilines is 1. The van der Waals surface area contributed by atoms with E-state index in [-0.39, 0.29) is 0 Å². The Morgan fingerprint density at radius 2 is 2.31 bits per heavy atom. The van der Waals surface area contributed by atoms with Gasteiger partial charge in [-0.05, 0) is 6.07 Å². The number of nitrogens with two attached hydrogens (primary N) is 1. The molecule has 1 rings (SSSR count). The maximum Gasteiger partial charge on any atom is 0.127 e. The number of hydrogen-bond acceptors (Lipinski definition) is 3. The first-order valence-corrected chi connectivity index (χ1v) is 4.60. The van der Waals surface area contributed by atoms with Crippen LogP contribution in [0.3, 0.4) is 0 Å². The maximum absolute atomic E-state index is 5.79. The van der Waals surface area contributed by atoms with Gasteiger partial charge in [0.15, 0.2) is 0 Å². The molecule has 0 radical (unpaired) electrons. The van der Waals surface area contributed by atoms with E-state index in [1.807, 2.05) is 6.07 Å². The highest BCUT2D eigenvalue weighted by molar-refractivity contribution is 6.30. The fraction of sp³-hybridized carbons (Fsp3) is 0.444. The van der Waals surface area contributed by atoms with Gasteiger partial charge in [0.1, 0.15) is 5.82 Å². The van der Waals surface area contributed by atoms with Crippen LogP contribution >= 0.6 is 11.6 Å². The lowest BCUT2D eigenvalue weighted by Crippen LogP contribution is -2.22. The molecular formula is C9H14ClN3. The van der Waals surface area contributed by atoms with Crippen LogP contribution in [0.15, 0.2) is 12.3 Å². The molecule has 0 aliphatic carbocycles. The van der Waals surface area contributed by atoms with Crippen molar-refractivity contribution in [2.24, 2.45) is 0 Å². The molecule has 0 aliphatic rings. The SMILES string of the molecule is CC(C)NCc1cc(Cl)cnc1N. The van der Waals surface area contributed by atoms with Gasteiger partial charge in [-0.2, -0.15) is 0 Å². The molecule has 0 amide bonds. The summed E-state index contributed by atoms with van der Waals surface area (Å²) in [7, 11) is 0. The Kier molecular flexibility index (Phi) is 3.51. The summed E-state index contributed by atoms with van der Waals surface area (Å²) in [6.07, 6.45) is 1.55. The summed E-state index contributed by atoms with van der Waals surface area (Å²) in [4.78, 5) is 3.96. The van der Waals surface area contributed by atoms with Gasteiger partial charge in [0.05, 0.1) is 5.02 Å². The van der Waals surface area contributed by atoms with Gasteiger partial charge in [0.25, 0.3) is 0 Å². The topological polar surface area (TPSA) is 50.9 Å². The Balaban J connectivity index is 2.70. The van der Waals surface area contributed by atoms with Gasteiger partial charge in [-0.1, -0.05) is 25.4 Å². The van der Waals surface area contributed by atoms with Crippen molar-refractivity contribution in [1.82, 2.24) is 10.3 Å². The van der Waals surface area contributed by atoms with Crippen LogP contribution in [0, 0.1) is 0 Å². The first-order chi connectivity index (χ1) is 6.09. The predicted octanol–water partition coefficient (Wildman–Crippen LogP) is 1.82. The van der Waals surface area contributed by atoms with Gasteiger partial charge in [-0.15, -0.1) is 0 Å². The molecule has 0 spiro atoms. The van der Waals surface area contributed by atoms with Crippen LogP contribution in [0.4, 0.5) is 5.82 Å². The van der Waals surface area contributed by atoms with Crippen LogP contribution in [-0.4, -0.2) is 11.0 Å². The highest BCUT2D eigenvalue weighted by Gasteiger charge is 2.01. The van der Waals surface area contributed by atoms with Gasteiger partial charge < -0.3 is 11.1 Å². The standard InChI is InChI=1S/C9H14ClN3/c1-6(2)12-4-7-3-8(10)5-13-9(7)11/h3,5-6,12H,4H2,1-2H3,(H2,11,13). The van der Waals surface area contributed by atoms with Gasteiger partial charge in [-0.3, -0.25) is 0 Å². The van der Waals surface area contributed by atoms with Crippen molar-refractivity contribution < 1.29 is 0 Å². The van der Waals surface area contributed by atoms with E-state index < -0.39 is 0 Å². The maximum atomic E-state index is 5.79. The fourth-order valence-electron chi connectivity index (χ4n) is 0.947. The largest absolute Gasteiger partial charge is 0.383 e. The summed E-state index contributed by atoms with van der Waals surface area (Å²) in [5, 5.41) is 3.87. The molecule has 72 valence electrons. The number of nitrogen functional groups attached to an aromatic ring is 1. The third-order valence-electron chi connectivity index (χ3n) is 1.67. The third kappa shape index (κ3) is 3.20. The molecule has 1 aromatic heterocycles. The smallest absolute Gasteiger partial charge is 0.127 e. The second-order valence-corrected chi connectivity index (χ2v) is 3.67. The Labute approximate surface area is 83.3 Å². The Bertz CT molecular complexity index is 286. The van der Waals surface area contributed by atoms with Gasteiger partial charge >= 0.3 is 0 Å². The van der Waals surface area contributed by atoms with Crippen LogP contribution in [0.2, 0.25) is 5.02 Å². The van der Waals surface area contributed by atoms with E-state index in [4.69, 9.17) is 17.3 Å². The van der Waals surface area contributed by atoms with E-state index in [9.17, 15) is 0 Å². The van der Waals surface area contributed by atoms with Crippen molar-refractivity contribution in [3.05, 3.63) is 22.8 Å². The number of aromatic nitrogens is 1. The molecule has 0 unspecified atom stereocenters. The number of nitrogens with one attached hydrogen (secondary N) is 1. The first kappa shape index (κ1) is 10.3. The fourth-order valence-corrected chi connectivity index (χ4v) is 1.13. The average Bonchev–Trinajstić information content (AvgIpc) is 2.06. The van der Waals surface area contributed by atoms with Crippen LogP contribution in [0.25, 0.3) is 0 Å². The molecule has 0 saturated heterocycles. The van der Waals surface area contributed by atoms with Crippen LogP contribution < -0.4 is 11.1 Å². The third-order valence-corrected chi connectivity index (χ3v) is 1.88. The highest BCUT2D eigenvalue weighted by Crippen LogP contribution is 2.14. The average molecular weight is 200 g/mol. The lowest BCUT2D eigenvalue weighted by molar-refractivity contribution is 0.589. The summed E-state index contributed by atoms with van der Waals surface area (Å²) >= 11 is 5.79. The zero-order valence-electron chi connectivity index (χ0n) is 7.84. The molecule has 0 aromatic carbocycles. The molecule has 3 N–H and O–H groups in total. The number of hydrogen-bond donors (Lipinski definition) is 2. The number of halogens is 1. The summed E-state index contributed by atoms with van der Waals surface area (Å²) in [6, 6.07) is 2.26. The number of pyridine rings is 1. The molecule has 0 saturated carbocycles. The first-order valence-electron chi connectivity index (χ1n) is 4.23. The number of nitrogens with zero attached hydrogens (tertiary/aromatic N) is 1. The zero-order chi connectivity index (χ0) is 9.84. The van der Waals surface area contributed by atoms with Crippen LogP contribution in [0.5, 0.6) is 0 Å². The summed E-state index contributed by atoms with van der Waals surface area (Å²) < 4.78 is 0. The molecule has 1 aromatic rings. The van der Waals surface area contributed by atoms with E-state index in [1.54, 1.807) is 6.20 Å². The van der Waals surface area contributed by atoms with Crippen molar-refractivity contribution in [1.29, 1.82) is 0 Å². The molecular weight excluding hydrogens is 186 g/mol. The predicted molar refractivity (Wildman–Crippen MR) is 55.6 cm³/mol. The highest BCUT2D eigenvalue weighted by atomic mass is 35.5. The molecule has 0 aliphatic heterocycles. The zero-order valence-corrected chi connectivity index (χ0v) is 8.60. The summed E-state index contributed by atoms with van der Waals surface area (Å²) in [5.74, 6) is 0.539. The normalized spacial score (nSPS) is 10.8. The van der Waals surface area contributed by atoms with Crippen molar-refractivity contribution >= 4 is 17.4 Å². The van der Waals surface area contributed by atoms with Crippen LogP contribution in [0.1, 0.15) is 19.4 Å². The Hall–Kier alpha value is -0.800. The molecule has 0 atom stereocenters. The minimum Gasteiger partial charge on any atom is -0.383 e. The van der Waals surface area contributed by atoms with Crippen molar-refractivity contribution in [3.63, 3.8) is 0 Å². The molecule has 13 heavy (non-hydrogen) atoms. The van der Waals surface area contributed by atoms with E-state index >= 15 is 0 Å². The lowest BCUT2D eigenvalue weighted by Gasteiger charge is -2.09. The quantitative estimate of drug-likeness (QED) is 0.781. The van der Waals surface area contributed by atoms with Gasteiger partial charge in [0.2, 0.25) is 0 Å².